The summed E-state index contributed by atoms with van der Waals surface area (Å²) in [6.45, 7) is 3.74. The van der Waals surface area contributed by atoms with Crippen molar-refractivity contribution in [1.82, 2.24) is 5.32 Å². The van der Waals surface area contributed by atoms with Crippen LogP contribution in [-0.4, -0.2) is 20.2 Å². The van der Waals surface area contributed by atoms with Crippen LogP contribution in [0.5, 0.6) is 5.75 Å². The van der Waals surface area contributed by atoms with E-state index < -0.39 is 0 Å². The number of aryl methyl sites for hydroxylation is 1. The molecule has 1 aromatic rings. The topological polar surface area (TPSA) is 21.3 Å². The Hall–Kier alpha value is -1.09. The normalized spacial score (nSPS) is 20.8. The van der Waals surface area contributed by atoms with E-state index in [-0.39, 0.29) is 5.82 Å². The van der Waals surface area contributed by atoms with Crippen LogP contribution in [0.3, 0.4) is 0 Å². The van der Waals surface area contributed by atoms with E-state index in [2.05, 4.69) is 5.32 Å². The predicted octanol–water partition coefficient (Wildman–Crippen LogP) is 2.61. The molecule has 0 saturated carbocycles. The minimum Gasteiger partial charge on any atom is -0.496 e. The minimum atomic E-state index is -0.138. The lowest BCUT2D eigenvalue weighted by molar-refractivity contribution is 0.390. The van der Waals surface area contributed by atoms with Crippen LogP contribution >= 0.6 is 0 Å². The van der Waals surface area contributed by atoms with Crippen molar-refractivity contribution in [1.29, 1.82) is 0 Å². The number of rotatable bonds is 2. The molecule has 2 rings (SSSR count). The summed E-state index contributed by atoms with van der Waals surface area (Å²) in [5.41, 5.74) is 1.64. The van der Waals surface area contributed by atoms with E-state index in [1.807, 2.05) is 0 Å². The molecule has 0 aromatic heterocycles. The van der Waals surface area contributed by atoms with Gasteiger partial charge in [0, 0.05) is 18.0 Å². The van der Waals surface area contributed by atoms with Crippen molar-refractivity contribution < 1.29 is 9.13 Å². The molecule has 1 saturated heterocycles. The Labute approximate surface area is 95.8 Å². The van der Waals surface area contributed by atoms with Crippen molar-refractivity contribution in [2.24, 2.45) is 0 Å². The molecule has 0 aliphatic carbocycles. The van der Waals surface area contributed by atoms with Gasteiger partial charge < -0.3 is 10.1 Å². The molecule has 0 amide bonds. The summed E-state index contributed by atoms with van der Waals surface area (Å²) in [5.74, 6) is 1.05. The summed E-state index contributed by atoms with van der Waals surface area (Å²) in [6, 6.07) is 3.42. The molecule has 88 valence electrons. The standard InChI is InChI=1S/C13H18FNO/c1-9-6-13(16-2)11(7-12(9)14)10-4-3-5-15-8-10/h6-7,10,15H,3-5,8H2,1-2H3/t10-/m1/s1. The third kappa shape index (κ3) is 2.19. The van der Waals surface area contributed by atoms with Crippen molar-refractivity contribution in [3.63, 3.8) is 0 Å². The molecule has 1 N–H and O–H groups in total. The van der Waals surface area contributed by atoms with Gasteiger partial charge in [0.2, 0.25) is 0 Å². The maximum atomic E-state index is 13.6. The van der Waals surface area contributed by atoms with Gasteiger partial charge in [-0.15, -0.1) is 0 Å². The van der Waals surface area contributed by atoms with Crippen molar-refractivity contribution in [3.05, 3.63) is 29.1 Å². The number of hydrogen-bond donors (Lipinski definition) is 1. The van der Waals surface area contributed by atoms with Crippen molar-refractivity contribution >= 4 is 0 Å². The Morgan fingerprint density at radius 1 is 1.44 bits per heavy atom. The van der Waals surface area contributed by atoms with Crippen LogP contribution in [0.2, 0.25) is 0 Å². The van der Waals surface area contributed by atoms with Gasteiger partial charge in [0.1, 0.15) is 11.6 Å². The van der Waals surface area contributed by atoms with Gasteiger partial charge in [-0.25, -0.2) is 4.39 Å². The lowest BCUT2D eigenvalue weighted by Gasteiger charge is -2.25. The molecule has 1 aromatic carbocycles. The fourth-order valence-electron chi connectivity index (χ4n) is 2.28. The lowest BCUT2D eigenvalue weighted by atomic mass is 9.90. The number of benzene rings is 1. The summed E-state index contributed by atoms with van der Waals surface area (Å²) < 4.78 is 18.9. The molecule has 1 fully saturated rings. The summed E-state index contributed by atoms with van der Waals surface area (Å²) in [4.78, 5) is 0. The Kier molecular flexibility index (Phi) is 3.44. The van der Waals surface area contributed by atoms with Crippen LogP contribution < -0.4 is 10.1 Å². The van der Waals surface area contributed by atoms with Crippen LogP contribution in [0, 0.1) is 12.7 Å². The molecule has 1 heterocycles. The molecule has 0 unspecified atom stereocenters. The van der Waals surface area contributed by atoms with E-state index in [0.29, 0.717) is 11.5 Å². The van der Waals surface area contributed by atoms with E-state index in [0.717, 1.165) is 37.2 Å². The zero-order valence-corrected chi connectivity index (χ0v) is 9.85. The number of ether oxygens (including phenoxy) is 1. The first kappa shape index (κ1) is 11.4. The molecule has 0 spiro atoms. The smallest absolute Gasteiger partial charge is 0.126 e. The van der Waals surface area contributed by atoms with Crippen LogP contribution in [-0.2, 0) is 0 Å². The van der Waals surface area contributed by atoms with E-state index in [4.69, 9.17) is 4.74 Å². The van der Waals surface area contributed by atoms with E-state index in [9.17, 15) is 4.39 Å². The van der Waals surface area contributed by atoms with Crippen LogP contribution in [0.25, 0.3) is 0 Å². The molecular weight excluding hydrogens is 205 g/mol. The third-order valence-electron chi connectivity index (χ3n) is 3.25. The average molecular weight is 223 g/mol. The van der Waals surface area contributed by atoms with Gasteiger partial charge in [0.15, 0.2) is 0 Å². The molecule has 1 atom stereocenters. The summed E-state index contributed by atoms with van der Waals surface area (Å²) in [5, 5.41) is 3.34. The van der Waals surface area contributed by atoms with Gasteiger partial charge in [-0.2, -0.15) is 0 Å². The highest BCUT2D eigenvalue weighted by molar-refractivity contribution is 5.40. The molecule has 0 radical (unpaired) electrons. The number of piperidine rings is 1. The molecule has 1 aliphatic heterocycles. The van der Waals surface area contributed by atoms with Crippen LogP contribution in [0.1, 0.15) is 29.9 Å². The minimum absolute atomic E-state index is 0.138. The zero-order chi connectivity index (χ0) is 11.5. The molecule has 1 aliphatic rings. The second-order valence-corrected chi connectivity index (χ2v) is 4.39. The number of halogens is 1. The maximum absolute atomic E-state index is 13.6. The largest absolute Gasteiger partial charge is 0.496 e. The fraction of sp³-hybridized carbons (Fsp3) is 0.538. The Balaban J connectivity index is 2.33. The Morgan fingerprint density at radius 3 is 2.88 bits per heavy atom. The van der Waals surface area contributed by atoms with Crippen molar-refractivity contribution in [2.75, 3.05) is 20.2 Å². The van der Waals surface area contributed by atoms with Gasteiger partial charge in [0.05, 0.1) is 7.11 Å². The van der Waals surface area contributed by atoms with E-state index in [1.54, 1.807) is 26.2 Å². The Morgan fingerprint density at radius 2 is 2.25 bits per heavy atom. The fourth-order valence-corrected chi connectivity index (χ4v) is 2.28. The summed E-state index contributed by atoms with van der Waals surface area (Å²) in [7, 11) is 1.65. The third-order valence-corrected chi connectivity index (χ3v) is 3.25. The second kappa shape index (κ2) is 4.83. The highest BCUT2D eigenvalue weighted by atomic mass is 19.1. The quantitative estimate of drug-likeness (QED) is 0.832. The maximum Gasteiger partial charge on any atom is 0.126 e. The van der Waals surface area contributed by atoms with Gasteiger partial charge in [-0.3, -0.25) is 0 Å². The molecule has 0 bridgehead atoms. The van der Waals surface area contributed by atoms with Crippen LogP contribution in [0.4, 0.5) is 4.39 Å². The van der Waals surface area contributed by atoms with Crippen molar-refractivity contribution in [2.45, 2.75) is 25.7 Å². The monoisotopic (exact) mass is 223 g/mol. The van der Waals surface area contributed by atoms with Gasteiger partial charge in [-0.1, -0.05) is 0 Å². The highest BCUT2D eigenvalue weighted by Gasteiger charge is 2.20. The summed E-state index contributed by atoms with van der Waals surface area (Å²) >= 11 is 0. The predicted molar refractivity (Wildman–Crippen MR) is 62.5 cm³/mol. The SMILES string of the molecule is COc1cc(C)c(F)cc1[C@@H]1CCCNC1. The first-order valence-electron chi connectivity index (χ1n) is 5.77. The number of nitrogens with one attached hydrogen (secondary N) is 1. The number of methoxy groups -OCH3 is 1. The van der Waals surface area contributed by atoms with Gasteiger partial charge in [0.25, 0.3) is 0 Å². The van der Waals surface area contributed by atoms with Gasteiger partial charge in [-0.05, 0) is 44.0 Å². The summed E-state index contributed by atoms with van der Waals surface area (Å²) in [6.07, 6.45) is 2.25. The first-order valence-corrected chi connectivity index (χ1v) is 5.77. The molecule has 16 heavy (non-hydrogen) atoms. The zero-order valence-electron chi connectivity index (χ0n) is 9.85. The van der Waals surface area contributed by atoms with E-state index in [1.165, 1.54) is 0 Å². The Bertz CT molecular complexity index is 372. The molecule has 3 heteroatoms. The highest BCUT2D eigenvalue weighted by Crippen LogP contribution is 2.32. The second-order valence-electron chi connectivity index (χ2n) is 4.39. The van der Waals surface area contributed by atoms with Crippen molar-refractivity contribution in [3.8, 4) is 5.75 Å². The van der Waals surface area contributed by atoms with E-state index >= 15 is 0 Å². The first-order chi connectivity index (χ1) is 7.72. The van der Waals surface area contributed by atoms with Gasteiger partial charge >= 0.3 is 0 Å². The lowest BCUT2D eigenvalue weighted by Crippen LogP contribution is -2.28. The number of hydrogen-bond acceptors (Lipinski definition) is 2. The molecular formula is C13H18FNO. The average Bonchev–Trinajstić information content (AvgIpc) is 2.33. The van der Waals surface area contributed by atoms with Crippen LogP contribution in [0.15, 0.2) is 12.1 Å². The molecule has 2 nitrogen and oxygen atoms in total.